The van der Waals surface area contributed by atoms with Gasteiger partial charge in [0.25, 0.3) is 0 Å². The molecule has 1 unspecified atom stereocenters. The first-order chi connectivity index (χ1) is 9.74. The first kappa shape index (κ1) is 13.2. The minimum absolute atomic E-state index is 0.271. The number of phenols is 1. The Morgan fingerprint density at radius 1 is 1.30 bits per heavy atom. The van der Waals surface area contributed by atoms with Gasteiger partial charge in [0.15, 0.2) is 0 Å². The van der Waals surface area contributed by atoms with Gasteiger partial charge in [-0.05, 0) is 49.3 Å². The molecule has 0 amide bonds. The third kappa shape index (κ3) is 2.70. The maximum Gasteiger partial charge on any atom is 0.134 e. The molecule has 1 fully saturated rings. The first-order valence-electron chi connectivity index (χ1n) is 7.16. The zero-order valence-corrected chi connectivity index (χ0v) is 11.7. The zero-order chi connectivity index (χ0) is 13.9. The molecule has 0 radical (unpaired) electrons. The van der Waals surface area contributed by atoms with Crippen LogP contribution in [0.2, 0.25) is 0 Å². The summed E-state index contributed by atoms with van der Waals surface area (Å²) >= 11 is 0. The molecule has 2 aromatic rings. The third-order valence-corrected chi connectivity index (χ3v) is 4.09. The van der Waals surface area contributed by atoms with Crippen LogP contribution in [0.15, 0.2) is 30.5 Å². The van der Waals surface area contributed by atoms with Crippen LogP contribution in [-0.2, 0) is 4.74 Å². The lowest BCUT2D eigenvalue weighted by atomic mass is 9.93. The van der Waals surface area contributed by atoms with Crippen molar-refractivity contribution in [1.29, 1.82) is 0 Å². The summed E-state index contributed by atoms with van der Waals surface area (Å²) in [6.45, 7) is 3.89. The number of nitrogens with one attached hydrogen (secondary N) is 1. The number of hydrogen-bond donors (Lipinski definition) is 2. The van der Waals surface area contributed by atoms with Crippen LogP contribution in [0.1, 0.15) is 19.8 Å². The predicted molar refractivity (Wildman–Crippen MR) is 80.0 cm³/mol. The summed E-state index contributed by atoms with van der Waals surface area (Å²) in [5.74, 6) is 1.72. The van der Waals surface area contributed by atoms with Crippen LogP contribution in [0.25, 0.3) is 10.8 Å². The molecule has 1 aliphatic rings. The van der Waals surface area contributed by atoms with Crippen molar-refractivity contribution in [3.8, 4) is 5.75 Å². The van der Waals surface area contributed by atoms with E-state index < -0.39 is 0 Å². The van der Waals surface area contributed by atoms with Crippen LogP contribution in [0.4, 0.5) is 5.82 Å². The highest BCUT2D eigenvalue weighted by Crippen LogP contribution is 2.27. The number of aromatic nitrogens is 1. The highest BCUT2D eigenvalue weighted by Gasteiger charge is 2.21. The summed E-state index contributed by atoms with van der Waals surface area (Å²) in [5, 5.41) is 15.2. The molecular weight excluding hydrogens is 252 g/mol. The van der Waals surface area contributed by atoms with Crippen LogP contribution in [0.3, 0.4) is 0 Å². The fourth-order valence-electron chi connectivity index (χ4n) is 2.82. The summed E-state index contributed by atoms with van der Waals surface area (Å²) in [5.41, 5.74) is 0. The number of ether oxygens (including phenoxy) is 1. The number of phenolic OH excluding ortho intramolecular Hbond substituents is 1. The normalized spacial score (nSPS) is 18.1. The lowest BCUT2D eigenvalue weighted by Crippen LogP contribution is -2.31. The number of pyridine rings is 1. The largest absolute Gasteiger partial charge is 0.508 e. The van der Waals surface area contributed by atoms with Crippen molar-refractivity contribution in [2.45, 2.75) is 25.8 Å². The molecule has 20 heavy (non-hydrogen) atoms. The van der Waals surface area contributed by atoms with Crippen molar-refractivity contribution in [3.63, 3.8) is 0 Å². The molecular formula is C16H20N2O2. The Morgan fingerprint density at radius 3 is 2.90 bits per heavy atom. The van der Waals surface area contributed by atoms with Gasteiger partial charge in [0.1, 0.15) is 11.6 Å². The maximum absolute atomic E-state index is 9.67. The van der Waals surface area contributed by atoms with Crippen LogP contribution < -0.4 is 5.32 Å². The van der Waals surface area contributed by atoms with Gasteiger partial charge in [-0.25, -0.2) is 4.98 Å². The van der Waals surface area contributed by atoms with Gasteiger partial charge in [0, 0.05) is 30.8 Å². The summed E-state index contributed by atoms with van der Waals surface area (Å²) in [4.78, 5) is 4.43. The highest BCUT2D eigenvalue weighted by molar-refractivity contribution is 5.92. The van der Waals surface area contributed by atoms with E-state index in [4.69, 9.17) is 4.74 Å². The molecule has 1 aromatic carbocycles. The van der Waals surface area contributed by atoms with Gasteiger partial charge in [-0.3, -0.25) is 0 Å². The molecule has 4 heteroatoms. The summed E-state index contributed by atoms with van der Waals surface area (Å²) in [6, 6.07) is 7.69. The fourth-order valence-corrected chi connectivity index (χ4v) is 2.82. The molecule has 1 atom stereocenters. The highest BCUT2D eigenvalue weighted by atomic mass is 16.5. The number of hydrogen-bond acceptors (Lipinski definition) is 4. The fraction of sp³-hybridized carbons (Fsp3) is 0.438. The molecule has 106 valence electrons. The number of fused-ring (bicyclic) bond motifs is 1. The van der Waals surface area contributed by atoms with E-state index >= 15 is 0 Å². The summed E-state index contributed by atoms with van der Waals surface area (Å²) in [6.07, 6.45) is 3.98. The van der Waals surface area contributed by atoms with Gasteiger partial charge in [0.2, 0.25) is 0 Å². The van der Waals surface area contributed by atoms with E-state index in [1.165, 1.54) is 0 Å². The Balaban J connectivity index is 1.84. The van der Waals surface area contributed by atoms with E-state index in [2.05, 4.69) is 17.2 Å². The van der Waals surface area contributed by atoms with E-state index in [0.29, 0.717) is 12.0 Å². The van der Waals surface area contributed by atoms with E-state index in [1.807, 2.05) is 12.1 Å². The number of rotatable bonds is 3. The Bertz CT molecular complexity index is 594. The predicted octanol–water partition coefficient (Wildman–Crippen LogP) is 3.17. The average Bonchev–Trinajstić information content (AvgIpc) is 2.49. The van der Waals surface area contributed by atoms with Crippen molar-refractivity contribution in [2.75, 3.05) is 18.5 Å². The molecule has 2 heterocycles. The zero-order valence-electron chi connectivity index (χ0n) is 11.7. The number of benzene rings is 1. The lowest BCUT2D eigenvalue weighted by molar-refractivity contribution is 0.0622. The van der Waals surface area contributed by atoms with Gasteiger partial charge in [-0.15, -0.1) is 0 Å². The number of aromatic hydroxyl groups is 1. The molecule has 1 aromatic heterocycles. The first-order valence-corrected chi connectivity index (χ1v) is 7.16. The van der Waals surface area contributed by atoms with Gasteiger partial charge in [-0.1, -0.05) is 6.07 Å². The van der Waals surface area contributed by atoms with Crippen LogP contribution in [0.5, 0.6) is 5.75 Å². The Labute approximate surface area is 118 Å². The smallest absolute Gasteiger partial charge is 0.134 e. The van der Waals surface area contributed by atoms with E-state index in [-0.39, 0.29) is 5.75 Å². The second-order valence-electron chi connectivity index (χ2n) is 5.45. The van der Waals surface area contributed by atoms with Crippen molar-refractivity contribution < 1.29 is 9.84 Å². The van der Waals surface area contributed by atoms with Crippen molar-refractivity contribution >= 4 is 16.6 Å². The van der Waals surface area contributed by atoms with Crippen molar-refractivity contribution in [2.24, 2.45) is 5.92 Å². The van der Waals surface area contributed by atoms with Crippen molar-refractivity contribution in [3.05, 3.63) is 30.5 Å². The maximum atomic E-state index is 9.67. The molecule has 0 aliphatic carbocycles. The molecule has 1 aliphatic heterocycles. The number of nitrogens with zero attached hydrogens (tertiary/aromatic N) is 1. The summed E-state index contributed by atoms with van der Waals surface area (Å²) in [7, 11) is 0. The van der Waals surface area contributed by atoms with E-state index in [0.717, 1.165) is 42.6 Å². The second kappa shape index (κ2) is 5.67. The van der Waals surface area contributed by atoms with Gasteiger partial charge in [0.05, 0.1) is 0 Å². The van der Waals surface area contributed by atoms with Crippen LogP contribution >= 0.6 is 0 Å². The van der Waals surface area contributed by atoms with Crippen LogP contribution in [-0.4, -0.2) is 29.3 Å². The van der Waals surface area contributed by atoms with Gasteiger partial charge in [-0.2, -0.15) is 0 Å². The Hall–Kier alpha value is -1.81. The Kier molecular flexibility index (Phi) is 3.74. The monoisotopic (exact) mass is 272 g/mol. The molecule has 4 nitrogen and oxygen atoms in total. The minimum Gasteiger partial charge on any atom is -0.508 e. The van der Waals surface area contributed by atoms with E-state index in [1.54, 1.807) is 18.3 Å². The topological polar surface area (TPSA) is 54.4 Å². The standard InChI is InChI=1S/C16H20N2O2/c1-11(12-5-8-20-9-6-12)18-16-15-10-14(19)3-2-13(15)4-7-17-16/h2-4,7,10-12,19H,5-6,8-9H2,1H3,(H,17,18). The third-order valence-electron chi connectivity index (χ3n) is 4.09. The molecule has 1 saturated heterocycles. The van der Waals surface area contributed by atoms with Crippen molar-refractivity contribution in [1.82, 2.24) is 4.98 Å². The molecule has 2 N–H and O–H groups in total. The van der Waals surface area contributed by atoms with Gasteiger partial charge >= 0.3 is 0 Å². The quantitative estimate of drug-likeness (QED) is 0.901. The molecule has 0 saturated carbocycles. The molecule has 0 bridgehead atoms. The second-order valence-corrected chi connectivity index (χ2v) is 5.45. The average molecular weight is 272 g/mol. The van der Waals surface area contributed by atoms with E-state index in [9.17, 15) is 5.11 Å². The number of anilines is 1. The Morgan fingerprint density at radius 2 is 2.10 bits per heavy atom. The van der Waals surface area contributed by atoms with Crippen LogP contribution in [0, 0.1) is 5.92 Å². The molecule has 0 spiro atoms. The lowest BCUT2D eigenvalue weighted by Gasteiger charge is -2.29. The van der Waals surface area contributed by atoms with Gasteiger partial charge < -0.3 is 15.2 Å². The SMILES string of the molecule is CC(Nc1nccc2ccc(O)cc12)C1CCOCC1. The summed E-state index contributed by atoms with van der Waals surface area (Å²) < 4.78 is 5.41. The minimum atomic E-state index is 0.271. The molecule has 3 rings (SSSR count).